The first-order valence-corrected chi connectivity index (χ1v) is 5.54. The SMILES string of the molecule is COC(=O)[C@H](C)[C@@H](OC)[C@@H]1CCCCN1. The molecular weight excluding hydrogens is 194 g/mol. The molecule has 1 N–H and O–H groups in total. The Morgan fingerprint density at radius 1 is 1.40 bits per heavy atom. The number of rotatable bonds is 4. The maximum Gasteiger partial charge on any atom is 0.311 e. The first kappa shape index (κ1) is 12.5. The minimum absolute atomic E-state index is 0.0854. The van der Waals surface area contributed by atoms with E-state index in [-0.39, 0.29) is 24.0 Å². The lowest BCUT2D eigenvalue weighted by molar-refractivity contribution is -0.150. The van der Waals surface area contributed by atoms with E-state index in [1.54, 1.807) is 7.11 Å². The molecule has 0 aromatic rings. The van der Waals surface area contributed by atoms with Crippen molar-refractivity contribution in [2.45, 2.75) is 38.3 Å². The molecular formula is C11H21NO3. The van der Waals surface area contributed by atoms with Crippen molar-refractivity contribution in [1.29, 1.82) is 0 Å². The Morgan fingerprint density at radius 3 is 2.60 bits per heavy atom. The summed E-state index contributed by atoms with van der Waals surface area (Å²) in [5.74, 6) is -0.412. The lowest BCUT2D eigenvalue weighted by Crippen LogP contribution is -2.48. The van der Waals surface area contributed by atoms with E-state index in [0.717, 1.165) is 13.0 Å². The molecule has 4 nitrogen and oxygen atoms in total. The third-order valence-corrected chi connectivity index (χ3v) is 3.08. The van der Waals surface area contributed by atoms with Crippen LogP contribution in [-0.4, -0.2) is 38.9 Å². The topological polar surface area (TPSA) is 47.6 Å². The van der Waals surface area contributed by atoms with Gasteiger partial charge in [0.1, 0.15) is 0 Å². The van der Waals surface area contributed by atoms with Gasteiger partial charge in [0, 0.05) is 13.2 Å². The van der Waals surface area contributed by atoms with Gasteiger partial charge < -0.3 is 14.8 Å². The number of hydrogen-bond acceptors (Lipinski definition) is 4. The van der Waals surface area contributed by atoms with Gasteiger partial charge in [-0.25, -0.2) is 0 Å². The lowest BCUT2D eigenvalue weighted by Gasteiger charge is -2.32. The van der Waals surface area contributed by atoms with E-state index in [4.69, 9.17) is 9.47 Å². The molecule has 15 heavy (non-hydrogen) atoms. The number of ether oxygens (including phenoxy) is 2. The number of nitrogens with one attached hydrogen (secondary N) is 1. The molecule has 1 rings (SSSR count). The van der Waals surface area contributed by atoms with Crippen LogP contribution in [0.15, 0.2) is 0 Å². The van der Waals surface area contributed by atoms with Crippen LogP contribution in [0.3, 0.4) is 0 Å². The predicted molar refractivity (Wildman–Crippen MR) is 57.6 cm³/mol. The summed E-state index contributed by atoms with van der Waals surface area (Å²) >= 11 is 0. The lowest BCUT2D eigenvalue weighted by atomic mass is 9.91. The number of hydrogen-bond donors (Lipinski definition) is 1. The van der Waals surface area contributed by atoms with Crippen LogP contribution in [0, 0.1) is 5.92 Å². The number of carbonyl (C=O) groups excluding carboxylic acids is 1. The summed E-state index contributed by atoms with van der Waals surface area (Å²) in [4.78, 5) is 11.4. The maximum atomic E-state index is 11.4. The van der Waals surface area contributed by atoms with E-state index in [2.05, 4.69) is 5.32 Å². The third-order valence-electron chi connectivity index (χ3n) is 3.08. The van der Waals surface area contributed by atoms with Crippen molar-refractivity contribution in [2.75, 3.05) is 20.8 Å². The Labute approximate surface area is 91.3 Å². The highest BCUT2D eigenvalue weighted by Crippen LogP contribution is 2.19. The van der Waals surface area contributed by atoms with E-state index in [1.165, 1.54) is 20.0 Å². The summed E-state index contributed by atoms with van der Waals surface area (Å²) in [5.41, 5.74) is 0. The van der Waals surface area contributed by atoms with Gasteiger partial charge in [-0.2, -0.15) is 0 Å². The zero-order valence-electron chi connectivity index (χ0n) is 9.79. The van der Waals surface area contributed by atoms with Crippen LogP contribution in [-0.2, 0) is 14.3 Å². The van der Waals surface area contributed by atoms with Crippen LogP contribution in [0.5, 0.6) is 0 Å². The first-order chi connectivity index (χ1) is 7.20. The molecule has 4 heteroatoms. The van der Waals surface area contributed by atoms with E-state index in [9.17, 15) is 4.79 Å². The zero-order valence-corrected chi connectivity index (χ0v) is 9.79. The van der Waals surface area contributed by atoms with Crippen molar-refractivity contribution in [3.63, 3.8) is 0 Å². The Bertz CT molecular complexity index is 202. The van der Waals surface area contributed by atoms with Gasteiger partial charge in [-0.15, -0.1) is 0 Å². The molecule has 1 heterocycles. The van der Waals surface area contributed by atoms with Crippen molar-refractivity contribution in [1.82, 2.24) is 5.32 Å². The zero-order chi connectivity index (χ0) is 11.3. The molecule has 0 saturated carbocycles. The fourth-order valence-corrected chi connectivity index (χ4v) is 2.20. The monoisotopic (exact) mass is 215 g/mol. The van der Waals surface area contributed by atoms with Crippen molar-refractivity contribution < 1.29 is 14.3 Å². The molecule has 0 aromatic heterocycles. The van der Waals surface area contributed by atoms with Crippen LogP contribution >= 0.6 is 0 Å². The standard InChI is InChI=1S/C11H21NO3/c1-8(11(13)15-3)10(14-2)9-6-4-5-7-12-9/h8-10,12H,4-7H2,1-3H3/t8-,9+,10-/m1/s1. The van der Waals surface area contributed by atoms with Crippen LogP contribution in [0.4, 0.5) is 0 Å². The molecule has 0 unspecified atom stereocenters. The highest BCUT2D eigenvalue weighted by molar-refractivity contribution is 5.72. The molecule has 3 atom stereocenters. The van der Waals surface area contributed by atoms with Crippen molar-refractivity contribution >= 4 is 5.97 Å². The molecule has 0 aliphatic carbocycles. The van der Waals surface area contributed by atoms with E-state index in [0.29, 0.717) is 0 Å². The van der Waals surface area contributed by atoms with E-state index < -0.39 is 0 Å². The molecule has 1 fully saturated rings. The summed E-state index contributed by atoms with van der Waals surface area (Å²) in [5, 5.41) is 3.40. The van der Waals surface area contributed by atoms with Crippen LogP contribution < -0.4 is 5.32 Å². The minimum atomic E-state index is -0.212. The molecule has 0 spiro atoms. The highest BCUT2D eigenvalue weighted by Gasteiger charge is 2.32. The molecule has 0 amide bonds. The van der Waals surface area contributed by atoms with Crippen LogP contribution in [0.25, 0.3) is 0 Å². The summed E-state index contributed by atoms with van der Waals surface area (Å²) in [6.07, 6.45) is 3.39. The van der Waals surface area contributed by atoms with Gasteiger partial charge in [0.25, 0.3) is 0 Å². The van der Waals surface area contributed by atoms with Gasteiger partial charge >= 0.3 is 5.97 Å². The molecule has 0 bridgehead atoms. The Kier molecular flexibility index (Phi) is 5.05. The second kappa shape index (κ2) is 6.08. The van der Waals surface area contributed by atoms with Crippen LogP contribution in [0.1, 0.15) is 26.2 Å². The minimum Gasteiger partial charge on any atom is -0.469 e. The quantitative estimate of drug-likeness (QED) is 0.709. The van der Waals surface area contributed by atoms with Crippen molar-refractivity contribution in [2.24, 2.45) is 5.92 Å². The number of piperidine rings is 1. The molecule has 1 aliphatic rings. The fourth-order valence-electron chi connectivity index (χ4n) is 2.20. The molecule has 1 aliphatic heterocycles. The van der Waals surface area contributed by atoms with Crippen molar-refractivity contribution in [3.05, 3.63) is 0 Å². The number of methoxy groups -OCH3 is 2. The molecule has 1 saturated heterocycles. The molecule has 0 aromatic carbocycles. The molecule has 88 valence electrons. The van der Waals surface area contributed by atoms with Gasteiger partial charge in [0.2, 0.25) is 0 Å². The van der Waals surface area contributed by atoms with Crippen LogP contribution in [0.2, 0.25) is 0 Å². The Balaban J connectivity index is 2.56. The highest BCUT2D eigenvalue weighted by atomic mass is 16.5. The fraction of sp³-hybridized carbons (Fsp3) is 0.909. The average molecular weight is 215 g/mol. The van der Waals surface area contributed by atoms with Crippen molar-refractivity contribution in [3.8, 4) is 0 Å². The van der Waals surface area contributed by atoms with Gasteiger partial charge in [-0.3, -0.25) is 4.79 Å². The van der Waals surface area contributed by atoms with Gasteiger partial charge in [0.05, 0.1) is 19.1 Å². The van der Waals surface area contributed by atoms with E-state index >= 15 is 0 Å². The Hall–Kier alpha value is -0.610. The first-order valence-electron chi connectivity index (χ1n) is 5.54. The second-order valence-electron chi connectivity index (χ2n) is 4.07. The maximum absolute atomic E-state index is 11.4. The average Bonchev–Trinajstić information content (AvgIpc) is 2.30. The third kappa shape index (κ3) is 3.18. The second-order valence-corrected chi connectivity index (χ2v) is 4.07. The summed E-state index contributed by atoms with van der Waals surface area (Å²) in [7, 11) is 3.07. The summed E-state index contributed by atoms with van der Waals surface area (Å²) < 4.78 is 10.2. The van der Waals surface area contributed by atoms with Gasteiger partial charge in [-0.05, 0) is 26.3 Å². The number of carbonyl (C=O) groups is 1. The van der Waals surface area contributed by atoms with Gasteiger partial charge in [-0.1, -0.05) is 6.42 Å². The number of esters is 1. The summed E-state index contributed by atoms with van der Waals surface area (Å²) in [6.45, 7) is 2.87. The smallest absolute Gasteiger partial charge is 0.311 e. The summed E-state index contributed by atoms with van der Waals surface area (Å²) in [6, 6.07) is 0.276. The molecule has 0 radical (unpaired) electrons. The van der Waals surface area contributed by atoms with Gasteiger partial charge in [0.15, 0.2) is 0 Å². The largest absolute Gasteiger partial charge is 0.469 e. The predicted octanol–water partition coefficient (Wildman–Crippen LogP) is 0.953. The normalized spacial score (nSPS) is 25.7. The van der Waals surface area contributed by atoms with E-state index in [1.807, 2.05) is 6.92 Å². The Morgan fingerprint density at radius 2 is 2.13 bits per heavy atom.